The summed E-state index contributed by atoms with van der Waals surface area (Å²) < 4.78 is 0. The first-order valence-electron chi connectivity index (χ1n) is 9.09. The minimum absolute atomic E-state index is 0.548. The predicted octanol–water partition coefficient (Wildman–Crippen LogP) is 4.20. The molecule has 2 nitrogen and oxygen atoms in total. The Hall–Kier alpha value is -0.0800. The van der Waals surface area contributed by atoms with Crippen molar-refractivity contribution in [3.05, 3.63) is 0 Å². The largest absolute Gasteiger partial charge is 0.314 e. The van der Waals surface area contributed by atoms with Gasteiger partial charge in [0.2, 0.25) is 0 Å². The minimum Gasteiger partial charge on any atom is -0.314 e. The van der Waals surface area contributed by atoms with Crippen LogP contribution in [0.3, 0.4) is 0 Å². The Kier molecular flexibility index (Phi) is 6.35. The van der Waals surface area contributed by atoms with Crippen molar-refractivity contribution in [2.24, 2.45) is 5.41 Å². The zero-order chi connectivity index (χ0) is 14.4. The fraction of sp³-hybridized carbons (Fsp3) is 1.00. The van der Waals surface area contributed by atoms with Gasteiger partial charge in [0, 0.05) is 25.2 Å². The van der Waals surface area contributed by atoms with E-state index in [-0.39, 0.29) is 0 Å². The minimum atomic E-state index is 0.548. The predicted molar refractivity (Wildman–Crippen MR) is 88.2 cm³/mol. The van der Waals surface area contributed by atoms with E-state index in [2.05, 4.69) is 31.0 Å². The van der Waals surface area contributed by atoms with Crippen molar-refractivity contribution in [1.82, 2.24) is 10.2 Å². The van der Waals surface area contributed by atoms with Gasteiger partial charge in [0.25, 0.3) is 0 Å². The lowest BCUT2D eigenvalue weighted by Crippen LogP contribution is -2.49. The van der Waals surface area contributed by atoms with Gasteiger partial charge in [0.1, 0.15) is 0 Å². The summed E-state index contributed by atoms with van der Waals surface area (Å²) in [5.41, 5.74) is 0.548. The quantitative estimate of drug-likeness (QED) is 0.759. The lowest BCUT2D eigenvalue weighted by Gasteiger charge is -2.43. The monoisotopic (exact) mass is 280 g/mol. The van der Waals surface area contributed by atoms with Crippen LogP contribution in [-0.4, -0.2) is 36.6 Å². The highest BCUT2D eigenvalue weighted by atomic mass is 15.2. The van der Waals surface area contributed by atoms with Crippen molar-refractivity contribution in [2.75, 3.05) is 19.6 Å². The van der Waals surface area contributed by atoms with Gasteiger partial charge >= 0.3 is 0 Å². The zero-order valence-electron chi connectivity index (χ0n) is 14.1. The van der Waals surface area contributed by atoms with Crippen LogP contribution in [0.2, 0.25) is 0 Å². The summed E-state index contributed by atoms with van der Waals surface area (Å²) in [4.78, 5) is 2.80. The van der Waals surface area contributed by atoms with E-state index in [0.29, 0.717) is 11.5 Å². The fourth-order valence-corrected chi connectivity index (χ4v) is 4.11. The molecule has 1 unspecified atom stereocenters. The fourth-order valence-electron chi connectivity index (χ4n) is 4.11. The number of nitrogens with one attached hydrogen (secondary N) is 1. The maximum absolute atomic E-state index is 3.76. The SMILES string of the molecule is CC(C)NCC1(CN2CCCCC2C)CCCCCC1. The average Bonchev–Trinajstić information content (AvgIpc) is 2.66. The van der Waals surface area contributed by atoms with E-state index in [4.69, 9.17) is 0 Å². The molecule has 1 saturated heterocycles. The molecule has 1 aliphatic heterocycles. The molecule has 0 amide bonds. The van der Waals surface area contributed by atoms with E-state index in [1.807, 2.05) is 0 Å². The lowest BCUT2D eigenvalue weighted by atomic mass is 9.78. The van der Waals surface area contributed by atoms with Crippen LogP contribution in [0.5, 0.6) is 0 Å². The van der Waals surface area contributed by atoms with Gasteiger partial charge in [-0.25, -0.2) is 0 Å². The smallest absolute Gasteiger partial charge is 0.00671 e. The molecule has 2 heteroatoms. The third-order valence-corrected chi connectivity index (χ3v) is 5.53. The summed E-state index contributed by atoms with van der Waals surface area (Å²) in [6.07, 6.45) is 13.0. The lowest BCUT2D eigenvalue weighted by molar-refractivity contribution is 0.0745. The molecule has 2 aliphatic rings. The van der Waals surface area contributed by atoms with Crippen molar-refractivity contribution in [1.29, 1.82) is 0 Å². The third-order valence-electron chi connectivity index (χ3n) is 5.53. The van der Waals surface area contributed by atoms with Crippen LogP contribution < -0.4 is 5.32 Å². The number of piperidine rings is 1. The summed E-state index contributed by atoms with van der Waals surface area (Å²) in [7, 11) is 0. The summed E-state index contributed by atoms with van der Waals surface area (Å²) in [5.74, 6) is 0. The van der Waals surface area contributed by atoms with Crippen molar-refractivity contribution in [3.8, 4) is 0 Å². The Morgan fingerprint density at radius 2 is 1.75 bits per heavy atom. The normalized spacial score (nSPS) is 28.5. The highest BCUT2D eigenvalue weighted by Gasteiger charge is 2.34. The van der Waals surface area contributed by atoms with Crippen LogP contribution in [0.25, 0.3) is 0 Å². The van der Waals surface area contributed by atoms with Gasteiger partial charge < -0.3 is 10.2 Å². The highest BCUT2D eigenvalue weighted by molar-refractivity contribution is 4.89. The number of hydrogen-bond acceptors (Lipinski definition) is 2. The van der Waals surface area contributed by atoms with Crippen molar-refractivity contribution in [3.63, 3.8) is 0 Å². The second-order valence-electron chi connectivity index (χ2n) is 7.77. The molecule has 1 heterocycles. The zero-order valence-corrected chi connectivity index (χ0v) is 14.1. The molecule has 0 aromatic carbocycles. The van der Waals surface area contributed by atoms with Crippen molar-refractivity contribution < 1.29 is 0 Å². The van der Waals surface area contributed by atoms with E-state index in [1.165, 1.54) is 77.4 Å². The molecule has 0 aromatic heterocycles. The second kappa shape index (κ2) is 7.79. The van der Waals surface area contributed by atoms with Crippen LogP contribution >= 0.6 is 0 Å². The average molecular weight is 280 g/mol. The van der Waals surface area contributed by atoms with E-state index < -0.39 is 0 Å². The van der Waals surface area contributed by atoms with Gasteiger partial charge in [-0.15, -0.1) is 0 Å². The molecule has 1 atom stereocenters. The van der Waals surface area contributed by atoms with Crippen LogP contribution in [0.1, 0.15) is 78.6 Å². The van der Waals surface area contributed by atoms with Gasteiger partial charge in [0.15, 0.2) is 0 Å². The Morgan fingerprint density at radius 1 is 1.05 bits per heavy atom. The summed E-state index contributed by atoms with van der Waals surface area (Å²) in [5, 5.41) is 3.76. The summed E-state index contributed by atoms with van der Waals surface area (Å²) in [6, 6.07) is 1.43. The number of rotatable bonds is 5. The molecule has 0 spiro atoms. The van der Waals surface area contributed by atoms with E-state index in [1.54, 1.807) is 0 Å². The van der Waals surface area contributed by atoms with Crippen LogP contribution in [-0.2, 0) is 0 Å². The molecule has 2 rings (SSSR count). The number of hydrogen-bond donors (Lipinski definition) is 1. The highest BCUT2D eigenvalue weighted by Crippen LogP contribution is 2.37. The van der Waals surface area contributed by atoms with Gasteiger partial charge in [0.05, 0.1) is 0 Å². The van der Waals surface area contributed by atoms with E-state index in [0.717, 1.165) is 6.04 Å². The Balaban J connectivity index is 2.00. The maximum Gasteiger partial charge on any atom is 0.00671 e. The third kappa shape index (κ3) is 4.73. The van der Waals surface area contributed by atoms with Gasteiger partial charge in [-0.3, -0.25) is 0 Å². The molecule has 1 aliphatic carbocycles. The first-order valence-corrected chi connectivity index (χ1v) is 9.09. The molecule has 118 valence electrons. The summed E-state index contributed by atoms with van der Waals surface area (Å²) in [6.45, 7) is 10.9. The second-order valence-corrected chi connectivity index (χ2v) is 7.77. The van der Waals surface area contributed by atoms with Crippen LogP contribution in [0.4, 0.5) is 0 Å². The van der Waals surface area contributed by atoms with Crippen molar-refractivity contribution in [2.45, 2.75) is 90.6 Å². The molecule has 1 saturated carbocycles. The maximum atomic E-state index is 3.76. The summed E-state index contributed by atoms with van der Waals surface area (Å²) >= 11 is 0. The Labute approximate surface area is 126 Å². The van der Waals surface area contributed by atoms with Gasteiger partial charge in [-0.1, -0.05) is 46.0 Å². The topological polar surface area (TPSA) is 15.3 Å². The molecular formula is C18H36N2. The first kappa shape index (κ1) is 16.3. The van der Waals surface area contributed by atoms with Crippen molar-refractivity contribution >= 4 is 0 Å². The van der Waals surface area contributed by atoms with E-state index >= 15 is 0 Å². The molecule has 0 bridgehead atoms. The van der Waals surface area contributed by atoms with Crippen LogP contribution in [0, 0.1) is 5.41 Å². The molecule has 0 radical (unpaired) electrons. The molecule has 1 N–H and O–H groups in total. The Bertz CT molecular complexity index is 267. The molecule has 0 aromatic rings. The first-order chi connectivity index (χ1) is 9.61. The van der Waals surface area contributed by atoms with Crippen LogP contribution in [0.15, 0.2) is 0 Å². The van der Waals surface area contributed by atoms with E-state index in [9.17, 15) is 0 Å². The molecule has 20 heavy (non-hydrogen) atoms. The standard InChI is InChI=1S/C18H36N2/c1-16(2)19-14-18(11-7-4-5-8-12-18)15-20-13-9-6-10-17(20)3/h16-17,19H,4-15H2,1-3H3. The molecular weight excluding hydrogens is 244 g/mol. The molecule has 2 fully saturated rings. The number of nitrogens with zero attached hydrogens (tertiary/aromatic N) is 1. The van der Waals surface area contributed by atoms with Gasteiger partial charge in [-0.2, -0.15) is 0 Å². The number of likely N-dealkylation sites (tertiary alicyclic amines) is 1. The van der Waals surface area contributed by atoms with Gasteiger partial charge in [-0.05, 0) is 44.6 Å². The Morgan fingerprint density at radius 3 is 2.35 bits per heavy atom.